The molecule has 0 aliphatic heterocycles. The number of hydrogen-bond donors (Lipinski definition) is 2. The number of hydrogen-bond acceptors (Lipinski definition) is 3. The van der Waals surface area contributed by atoms with E-state index in [0.29, 0.717) is 18.4 Å². The fourth-order valence-corrected chi connectivity index (χ4v) is 3.04. The van der Waals surface area contributed by atoms with Gasteiger partial charge in [-0.05, 0) is 35.4 Å². The molecule has 1 saturated carbocycles. The molecular weight excluding hydrogens is 248 g/mol. The van der Waals surface area contributed by atoms with Crippen LogP contribution in [0.3, 0.4) is 0 Å². The second-order valence-electron chi connectivity index (χ2n) is 5.54. The summed E-state index contributed by atoms with van der Waals surface area (Å²) in [5, 5.41) is 10.6. The van der Waals surface area contributed by atoms with E-state index in [-0.39, 0.29) is 5.92 Å². The molecule has 1 fully saturated rings. The molecule has 1 aromatic heterocycles. The number of aliphatic hydroxyl groups is 1. The van der Waals surface area contributed by atoms with E-state index >= 15 is 0 Å². The Labute approximate surface area is 119 Å². The summed E-state index contributed by atoms with van der Waals surface area (Å²) in [4.78, 5) is 4.13. The van der Waals surface area contributed by atoms with Crippen molar-refractivity contribution in [2.75, 3.05) is 6.54 Å². The maximum atomic E-state index is 10.6. The van der Waals surface area contributed by atoms with Crippen molar-refractivity contribution in [1.82, 2.24) is 4.98 Å². The molecule has 3 nitrogen and oxygen atoms in total. The average molecular weight is 268 g/mol. The van der Waals surface area contributed by atoms with E-state index in [1.54, 1.807) is 12.4 Å². The zero-order valence-electron chi connectivity index (χ0n) is 11.4. The highest BCUT2D eigenvalue weighted by atomic mass is 16.3. The third-order valence-electron chi connectivity index (χ3n) is 4.28. The highest BCUT2D eigenvalue weighted by Crippen LogP contribution is 2.51. The zero-order valence-corrected chi connectivity index (χ0v) is 11.4. The van der Waals surface area contributed by atoms with Crippen LogP contribution in [0, 0.1) is 5.92 Å². The van der Waals surface area contributed by atoms with Gasteiger partial charge in [0.05, 0.1) is 6.10 Å². The van der Waals surface area contributed by atoms with Gasteiger partial charge in [-0.2, -0.15) is 0 Å². The van der Waals surface area contributed by atoms with Crippen molar-refractivity contribution in [2.24, 2.45) is 11.7 Å². The molecule has 1 heterocycles. The van der Waals surface area contributed by atoms with Gasteiger partial charge in [-0.25, -0.2) is 0 Å². The van der Waals surface area contributed by atoms with Crippen molar-refractivity contribution >= 4 is 0 Å². The van der Waals surface area contributed by atoms with Gasteiger partial charge in [0.1, 0.15) is 0 Å². The Morgan fingerprint density at radius 1 is 1.20 bits per heavy atom. The van der Waals surface area contributed by atoms with Crippen LogP contribution in [-0.4, -0.2) is 22.7 Å². The van der Waals surface area contributed by atoms with E-state index < -0.39 is 6.10 Å². The number of aromatic nitrogens is 1. The molecule has 104 valence electrons. The lowest BCUT2D eigenvalue weighted by Gasteiger charge is -2.22. The van der Waals surface area contributed by atoms with Gasteiger partial charge in [-0.15, -0.1) is 0 Å². The Kier molecular flexibility index (Phi) is 3.81. The predicted molar refractivity (Wildman–Crippen MR) is 79.3 cm³/mol. The van der Waals surface area contributed by atoms with Crippen molar-refractivity contribution in [3.63, 3.8) is 0 Å². The highest BCUT2D eigenvalue weighted by Gasteiger charge is 2.45. The first-order chi connectivity index (χ1) is 9.81. The molecule has 0 saturated heterocycles. The van der Waals surface area contributed by atoms with Crippen molar-refractivity contribution in [3.05, 3.63) is 66.0 Å². The number of pyridine rings is 1. The summed E-state index contributed by atoms with van der Waals surface area (Å²) < 4.78 is 0. The molecule has 1 aliphatic carbocycles. The van der Waals surface area contributed by atoms with Crippen LogP contribution in [0.15, 0.2) is 54.9 Å². The molecule has 3 rings (SSSR count). The molecule has 2 aromatic rings. The number of nitrogens with zero attached hydrogens (tertiary/aromatic N) is 1. The highest BCUT2D eigenvalue weighted by molar-refractivity contribution is 5.28. The average Bonchev–Trinajstić information content (AvgIpc) is 3.30. The van der Waals surface area contributed by atoms with Gasteiger partial charge in [-0.3, -0.25) is 4.98 Å². The van der Waals surface area contributed by atoms with Gasteiger partial charge in [0.15, 0.2) is 0 Å². The molecule has 1 aromatic carbocycles. The minimum absolute atomic E-state index is 0.0255. The topological polar surface area (TPSA) is 59.1 Å². The van der Waals surface area contributed by atoms with E-state index in [1.165, 1.54) is 5.56 Å². The minimum Gasteiger partial charge on any atom is -0.392 e. The summed E-state index contributed by atoms with van der Waals surface area (Å²) in [6.07, 6.45) is 4.20. The van der Waals surface area contributed by atoms with Crippen LogP contribution in [0.2, 0.25) is 0 Å². The van der Waals surface area contributed by atoms with Gasteiger partial charge >= 0.3 is 0 Å². The monoisotopic (exact) mass is 268 g/mol. The van der Waals surface area contributed by atoms with Crippen molar-refractivity contribution < 1.29 is 5.11 Å². The normalized spacial score (nSPS) is 24.1. The van der Waals surface area contributed by atoms with Crippen LogP contribution < -0.4 is 5.73 Å². The Morgan fingerprint density at radius 2 is 2.00 bits per heavy atom. The second-order valence-corrected chi connectivity index (χ2v) is 5.54. The summed E-state index contributed by atoms with van der Waals surface area (Å²) >= 11 is 0. The Bertz CT molecular complexity index is 543. The van der Waals surface area contributed by atoms with Crippen molar-refractivity contribution in [2.45, 2.75) is 24.4 Å². The summed E-state index contributed by atoms with van der Waals surface area (Å²) in [5.74, 6) is 0.755. The number of nitrogens with two attached hydrogens (primary N) is 1. The van der Waals surface area contributed by atoms with E-state index in [4.69, 9.17) is 5.73 Å². The SMILES string of the molecule is NCC(c1cccnc1)C(O)C1CC1c1ccccc1. The molecular formula is C17H20N2O. The molecule has 4 unspecified atom stereocenters. The molecule has 0 spiro atoms. The van der Waals surface area contributed by atoms with Crippen LogP contribution in [0.4, 0.5) is 0 Å². The third-order valence-corrected chi connectivity index (χ3v) is 4.28. The Hall–Kier alpha value is -1.71. The quantitative estimate of drug-likeness (QED) is 0.874. The maximum absolute atomic E-state index is 10.6. The fraction of sp³-hybridized carbons (Fsp3) is 0.353. The van der Waals surface area contributed by atoms with Crippen LogP contribution >= 0.6 is 0 Å². The predicted octanol–water partition coefficient (Wildman–Crippen LogP) is 2.29. The zero-order chi connectivity index (χ0) is 13.9. The molecule has 0 radical (unpaired) electrons. The van der Waals surface area contributed by atoms with Gasteiger partial charge in [0.2, 0.25) is 0 Å². The summed E-state index contributed by atoms with van der Waals surface area (Å²) in [6.45, 7) is 0.449. The maximum Gasteiger partial charge on any atom is 0.0655 e. The van der Waals surface area contributed by atoms with Gasteiger partial charge in [0.25, 0.3) is 0 Å². The smallest absolute Gasteiger partial charge is 0.0655 e. The van der Waals surface area contributed by atoms with Crippen LogP contribution in [-0.2, 0) is 0 Å². The lowest BCUT2D eigenvalue weighted by atomic mass is 9.90. The lowest BCUT2D eigenvalue weighted by molar-refractivity contribution is 0.120. The van der Waals surface area contributed by atoms with Gasteiger partial charge in [-0.1, -0.05) is 36.4 Å². The first-order valence-electron chi connectivity index (χ1n) is 7.14. The largest absolute Gasteiger partial charge is 0.392 e. The summed E-state index contributed by atoms with van der Waals surface area (Å²) in [7, 11) is 0. The Balaban J connectivity index is 1.72. The van der Waals surface area contributed by atoms with E-state index in [1.807, 2.05) is 18.2 Å². The van der Waals surface area contributed by atoms with E-state index in [9.17, 15) is 5.11 Å². The summed E-state index contributed by atoms with van der Waals surface area (Å²) in [5.41, 5.74) is 8.21. The molecule has 20 heavy (non-hydrogen) atoms. The summed E-state index contributed by atoms with van der Waals surface area (Å²) in [6, 6.07) is 14.3. The first kappa shape index (κ1) is 13.3. The van der Waals surface area contributed by atoms with Gasteiger partial charge < -0.3 is 10.8 Å². The Morgan fingerprint density at radius 3 is 2.65 bits per heavy atom. The molecule has 3 heteroatoms. The van der Waals surface area contributed by atoms with Crippen molar-refractivity contribution in [1.29, 1.82) is 0 Å². The van der Waals surface area contributed by atoms with Crippen LogP contribution in [0.25, 0.3) is 0 Å². The minimum atomic E-state index is -0.394. The third kappa shape index (κ3) is 2.60. The van der Waals surface area contributed by atoms with E-state index in [2.05, 4.69) is 29.2 Å². The number of rotatable bonds is 5. The van der Waals surface area contributed by atoms with Crippen LogP contribution in [0.1, 0.15) is 29.4 Å². The van der Waals surface area contributed by atoms with Gasteiger partial charge in [0, 0.05) is 24.9 Å². The fourth-order valence-electron chi connectivity index (χ4n) is 3.04. The van der Waals surface area contributed by atoms with Crippen molar-refractivity contribution in [3.8, 4) is 0 Å². The number of benzene rings is 1. The molecule has 0 bridgehead atoms. The first-order valence-corrected chi connectivity index (χ1v) is 7.14. The van der Waals surface area contributed by atoms with E-state index in [0.717, 1.165) is 12.0 Å². The molecule has 4 atom stereocenters. The standard InChI is InChI=1S/C17H20N2O/c18-10-16(13-7-4-8-19-11-13)17(20)15-9-14(15)12-5-2-1-3-6-12/h1-8,11,14-17,20H,9-10,18H2. The number of aliphatic hydroxyl groups excluding tert-OH is 1. The van der Waals surface area contributed by atoms with Crippen LogP contribution in [0.5, 0.6) is 0 Å². The molecule has 0 amide bonds. The molecule has 1 aliphatic rings. The molecule has 3 N–H and O–H groups in total. The second kappa shape index (κ2) is 5.73. The lowest BCUT2D eigenvalue weighted by Crippen LogP contribution is -2.28.